The Labute approximate surface area is 111 Å². The molecule has 4 nitrogen and oxygen atoms in total. The number of aliphatic hydroxyl groups excluding tert-OH is 1. The van der Waals surface area contributed by atoms with Crippen LogP contribution in [-0.2, 0) is 4.79 Å². The molecule has 0 aromatic heterocycles. The van der Waals surface area contributed by atoms with Crippen LogP contribution in [0.15, 0.2) is 0 Å². The van der Waals surface area contributed by atoms with Gasteiger partial charge in [0.2, 0.25) is 5.91 Å². The minimum absolute atomic E-state index is 0.0525. The van der Waals surface area contributed by atoms with Crippen LogP contribution in [0.3, 0.4) is 0 Å². The smallest absolute Gasteiger partial charge is 0.240 e. The Kier molecular flexibility index (Phi) is 5.60. The minimum Gasteiger partial charge on any atom is -0.396 e. The van der Waals surface area contributed by atoms with Crippen molar-refractivity contribution in [1.82, 2.24) is 10.2 Å². The van der Waals surface area contributed by atoms with Gasteiger partial charge in [0.15, 0.2) is 0 Å². The van der Waals surface area contributed by atoms with E-state index in [0.29, 0.717) is 12.5 Å². The number of piperidine rings is 1. The second-order valence-corrected chi connectivity index (χ2v) is 5.83. The Morgan fingerprint density at radius 3 is 2.72 bits per heavy atom. The van der Waals surface area contributed by atoms with Crippen LogP contribution in [0.1, 0.15) is 53.4 Å². The molecule has 2 unspecified atom stereocenters. The summed E-state index contributed by atoms with van der Waals surface area (Å²) < 4.78 is 0. The number of amides is 1. The lowest BCUT2D eigenvalue weighted by Gasteiger charge is -2.45. The fraction of sp³-hybridized carbons (Fsp3) is 0.929. The van der Waals surface area contributed by atoms with Gasteiger partial charge in [-0.1, -0.05) is 20.8 Å². The second-order valence-electron chi connectivity index (χ2n) is 5.83. The quantitative estimate of drug-likeness (QED) is 0.758. The van der Waals surface area contributed by atoms with Crippen molar-refractivity contribution in [3.63, 3.8) is 0 Å². The Bertz CT molecular complexity index is 281. The van der Waals surface area contributed by atoms with E-state index < -0.39 is 0 Å². The molecule has 0 spiro atoms. The first kappa shape index (κ1) is 15.4. The molecule has 1 fully saturated rings. The van der Waals surface area contributed by atoms with Crippen LogP contribution in [0.2, 0.25) is 0 Å². The van der Waals surface area contributed by atoms with Crippen molar-refractivity contribution >= 4 is 5.91 Å². The molecule has 2 atom stereocenters. The maximum Gasteiger partial charge on any atom is 0.240 e. The summed E-state index contributed by atoms with van der Waals surface area (Å²) in [4.78, 5) is 14.5. The first-order chi connectivity index (χ1) is 8.44. The van der Waals surface area contributed by atoms with Crippen LogP contribution < -0.4 is 5.32 Å². The van der Waals surface area contributed by atoms with Gasteiger partial charge in [0.1, 0.15) is 0 Å². The average molecular weight is 256 g/mol. The monoisotopic (exact) mass is 256 g/mol. The number of nitrogens with one attached hydrogen (secondary N) is 1. The molecule has 0 aromatic rings. The number of carbonyl (C=O) groups is 1. The van der Waals surface area contributed by atoms with E-state index in [-0.39, 0.29) is 24.1 Å². The summed E-state index contributed by atoms with van der Waals surface area (Å²) in [6.45, 7) is 9.26. The third-order valence-corrected chi connectivity index (χ3v) is 4.04. The molecule has 2 N–H and O–H groups in total. The zero-order chi connectivity index (χ0) is 13.8. The Balaban J connectivity index is 2.78. The van der Waals surface area contributed by atoms with Gasteiger partial charge in [0.05, 0.1) is 6.04 Å². The maximum atomic E-state index is 12.5. The molecular formula is C14H28N2O2. The highest BCUT2D eigenvalue weighted by Crippen LogP contribution is 2.28. The Morgan fingerprint density at radius 2 is 2.22 bits per heavy atom. The summed E-state index contributed by atoms with van der Waals surface area (Å²) in [5.41, 5.74) is -0.205. The molecule has 1 aliphatic rings. The van der Waals surface area contributed by atoms with E-state index in [2.05, 4.69) is 33.0 Å². The van der Waals surface area contributed by atoms with E-state index in [0.717, 1.165) is 25.8 Å². The highest BCUT2D eigenvalue weighted by atomic mass is 16.3. The number of hydrogen-bond acceptors (Lipinski definition) is 3. The van der Waals surface area contributed by atoms with E-state index in [9.17, 15) is 9.90 Å². The topological polar surface area (TPSA) is 52.6 Å². The van der Waals surface area contributed by atoms with Gasteiger partial charge in [-0.3, -0.25) is 4.79 Å². The van der Waals surface area contributed by atoms with Gasteiger partial charge in [-0.25, -0.2) is 0 Å². The summed E-state index contributed by atoms with van der Waals surface area (Å²) in [6.07, 6.45) is 3.50. The average Bonchev–Trinajstić information content (AvgIpc) is 2.31. The number of nitrogens with zero attached hydrogens (tertiary/aromatic N) is 1. The van der Waals surface area contributed by atoms with Crippen LogP contribution in [0, 0.1) is 0 Å². The van der Waals surface area contributed by atoms with Crippen molar-refractivity contribution in [3.8, 4) is 0 Å². The second kappa shape index (κ2) is 6.53. The number of hydrogen-bond donors (Lipinski definition) is 2. The lowest BCUT2D eigenvalue weighted by Crippen LogP contribution is -2.59. The molecule has 1 rings (SSSR count). The minimum atomic E-state index is -0.205. The van der Waals surface area contributed by atoms with Gasteiger partial charge in [-0.2, -0.15) is 0 Å². The van der Waals surface area contributed by atoms with Gasteiger partial charge in [0, 0.05) is 24.7 Å². The SMILES string of the molecule is CCC(C)(CCO)N1CCCC(NC(C)C)C1=O. The Hall–Kier alpha value is -0.610. The molecule has 0 radical (unpaired) electrons. The number of likely N-dealkylation sites (tertiary alicyclic amines) is 1. The lowest BCUT2D eigenvalue weighted by molar-refractivity contribution is -0.143. The normalized spacial score (nSPS) is 24.4. The molecular weight excluding hydrogens is 228 g/mol. The molecule has 1 saturated heterocycles. The van der Waals surface area contributed by atoms with Crippen molar-refractivity contribution < 1.29 is 9.90 Å². The van der Waals surface area contributed by atoms with Gasteiger partial charge in [-0.15, -0.1) is 0 Å². The zero-order valence-corrected chi connectivity index (χ0v) is 12.2. The summed E-state index contributed by atoms with van der Waals surface area (Å²) >= 11 is 0. The Morgan fingerprint density at radius 1 is 1.56 bits per heavy atom. The third kappa shape index (κ3) is 3.45. The van der Waals surface area contributed by atoms with Crippen LogP contribution in [0.4, 0.5) is 0 Å². The highest BCUT2D eigenvalue weighted by molar-refractivity contribution is 5.83. The van der Waals surface area contributed by atoms with E-state index in [1.165, 1.54) is 0 Å². The fourth-order valence-electron chi connectivity index (χ4n) is 2.71. The molecule has 0 aromatic carbocycles. The summed E-state index contributed by atoms with van der Waals surface area (Å²) in [5, 5.41) is 12.6. The van der Waals surface area contributed by atoms with Crippen LogP contribution in [-0.4, -0.2) is 46.7 Å². The van der Waals surface area contributed by atoms with E-state index in [1.54, 1.807) is 0 Å². The predicted molar refractivity (Wildman–Crippen MR) is 73.4 cm³/mol. The molecule has 0 saturated carbocycles. The van der Waals surface area contributed by atoms with Gasteiger partial charge in [0.25, 0.3) is 0 Å². The summed E-state index contributed by atoms with van der Waals surface area (Å²) in [7, 11) is 0. The van der Waals surface area contributed by atoms with Crippen LogP contribution in [0.25, 0.3) is 0 Å². The van der Waals surface area contributed by atoms with Crippen molar-refractivity contribution in [2.45, 2.75) is 71.0 Å². The zero-order valence-electron chi connectivity index (χ0n) is 12.2. The van der Waals surface area contributed by atoms with Crippen molar-refractivity contribution in [2.24, 2.45) is 0 Å². The predicted octanol–water partition coefficient (Wildman–Crippen LogP) is 1.53. The van der Waals surface area contributed by atoms with E-state index in [4.69, 9.17) is 0 Å². The van der Waals surface area contributed by atoms with Gasteiger partial charge < -0.3 is 15.3 Å². The molecule has 4 heteroatoms. The molecule has 1 aliphatic heterocycles. The molecule has 1 heterocycles. The largest absolute Gasteiger partial charge is 0.396 e. The van der Waals surface area contributed by atoms with Crippen LogP contribution >= 0.6 is 0 Å². The summed E-state index contributed by atoms with van der Waals surface area (Å²) in [6, 6.07) is 0.271. The van der Waals surface area contributed by atoms with E-state index in [1.807, 2.05) is 4.90 Å². The molecule has 1 amide bonds. The highest BCUT2D eigenvalue weighted by Gasteiger charge is 2.38. The molecule has 106 valence electrons. The van der Waals surface area contributed by atoms with Crippen LogP contribution in [0.5, 0.6) is 0 Å². The lowest BCUT2D eigenvalue weighted by atomic mass is 9.89. The number of aliphatic hydroxyl groups is 1. The van der Waals surface area contributed by atoms with Gasteiger partial charge >= 0.3 is 0 Å². The molecule has 0 aliphatic carbocycles. The standard InChI is InChI=1S/C14H28N2O2/c1-5-14(4,8-10-17)16-9-6-7-12(13(16)18)15-11(2)3/h11-12,15,17H,5-10H2,1-4H3. The van der Waals surface area contributed by atoms with Crippen molar-refractivity contribution in [3.05, 3.63) is 0 Å². The first-order valence-electron chi connectivity index (χ1n) is 7.13. The fourth-order valence-corrected chi connectivity index (χ4v) is 2.71. The third-order valence-electron chi connectivity index (χ3n) is 4.04. The number of rotatable bonds is 6. The number of carbonyl (C=O) groups excluding carboxylic acids is 1. The summed E-state index contributed by atoms with van der Waals surface area (Å²) in [5.74, 6) is 0.202. The molecule has 18 heavy (non-hydrogen) atoms. The maximum absolute atomic E-state index is 12.5. The van der Waals surface area contributed by atoms with Crippen molar-refractivity contribution in [1.29, 1.82) is 0 Å². The van der Waals surface area contributed by atoms with E-state index >= 15 is 0 Å². The van der Waals surface area contributed by atoms with Gasteiger partial charge in [-0.05, 0) is 32.6 Å². The molecule has 0 bridgehead atoms. The first-order valence-corrected chi connectivity index (χ1v) is 7.13. The van der Waals surface area contributed by atoms with Crippen molar-refractivity contribution in [2.75, 3.05) is 13.2 Å².